The number of unbranched alkanes of at least 4 members (excludes halogenated alkanes) is 3. The Morgan fingerprint density at radius 2 is 2.08 bits per heavy atom. The van der Waals surface area contributed by atoms with Crippen LogP contribution in [0.2, 0.25) is 0 Å². The number of hydrogen-bond donors (Lipinski definition) is 1. The van der Waals surface area contributed by atoms with Crippen LogP contribution >= 0.6 is 11.8 Å². The van der Waals surface area contributed by atoms with E-state index < -0.39 is 0 Å². The van der Waals surface area contributed by atoms with Crippen molar-refractivity contribution in [2.45, 2.75) is 87.7 Å². The Hall–Kier alpha value is -0.740. The fourth-order valence-corrected chi connectivity index (χ4v) is 5.83. The number of esters is 1. The molecule has 1 N–H and O–H groups in total. The molecule has 0 aromatic carbocycles. The maximum absolute atomic E-state index is 11.1. The Bertz CT molecular complexity index is 468. The molecule has 3 fully saturated rings. The Balaban J connectivity index is 1.74. The van der Waals surface area contributed by atoms with E-state index in [4.69, 9.17) is 0 Å². The first-order chi connectivity index (χ1) is 12.6. The van der Waals surface area contributed by atoms with E-state index in [1.807, 2.05) is 6.08 Å². The lowest BCUT2D eigenvalue weighted by molar-refractivity contribution is -0.140. The van der Waals surface area contributed by atoms with Gasteiger partial charge in [0, 0.05) is 16.9 Å². The Labute approximate surface area is 163 Å². The smallest absolute Gasteiger partial charge is 0.305 e. The fourth-order valence-electron chi connectivity index (χ4n) is 3.95. The maximum atomic E-state index is 11.1. The van der Waals surface area contributed by atoms with Gasteiger partial charge in [0.1, 0.15) is 0 Å². The molecule has 3 nitrogen and oxygen atoms in total. The number of rotatable bonds is 12. The molecule has 26 heavy (non-hydrogen) atoms. The average molecular weight is 381 g/mol. The molecule has 2 aliphatic heterocycles. The first-order valence-electron chi connectivity index (χ1n) is 10.4. The average Bonchev–Trinajstić information content (AvgIpc) is 2.62. The number of aliphatic hydroxyl groups is 1. The molecule has 2 saturated heterocycles. The van der Waals surface area contributed by atoms with E-state index in [9.17, 15) is 9.90 Å². The van der Waals surface area contributed by atoms with Crippen molar-refractivity contribution in [2.75, 3.05) is 7.11 Å². The third kappa shape index (κ3) is 7.11. The Morgan fingerprint density at radius 1 is 1.27 bits per heavy atom. The van der Waals surface area contributed by atoms with Gasteiger partial charge in [-0.15, -0.1) is 0 Å². The van der Waals surface area contributed by atoms with Crippen LogP contribution in [-0.2, 0) is 9.53 Å². The number of thioether (sulfide) groups is 1. The van der Waals surface area contributed by atoms with Gasteiger partial charge in [-0.1, -0.05) is 50.5 Å². The summed E-state index contributed by atoms with van der Waals surface area (Å²) in [4.78, 5) is 11.1. The lowest BCUT2D eigenvalue weighted by atomic mass is 9.71. The van der Waals surface area contributed by atoms with Crippen LogP contribution in [0.15, 0.2) is 24.3 Å². The van der Waals surface area contributed by atoms with Gasteiger partial charge in [0.25, 0.3) is 0 Å². The van der Waals surface area contributed by atoms with Crippen molar-refractivity contribution in [2.24, 2.45) is 11.8 Å². The van der Waals surface area contributed by atoms with Crippen molar-refractivity contribution in [1.82, 2.24) is 0 Å². The molecule has 0 spiro atoms. The van der Waals surface area contributed by atoms with E-state index in [1.165, 1.54) is 32.8 Å². The van der Waals surface area contributed by atoms with E-state index in [2.05, 4.69) is 41.7 Å². The summed E-state index contributed by atoms with van der Waals surface area (Å²) in [6.45, 7) is 2.20. The molecule has 1 saturated carbocycles. The summed E-state index contributed by atoms with van der Waals surface area (Å²) < 4.78 is 4.67. The second-order valence-electron chi connectivity index (χ2n) is 7.74. The minimum absolute atomic E-state index is 0.120. The number of carbonyl (C=O) groups excluding carboxylic acids is 1. The summed E-state index contributed by atoms with van der Waals surface area (Å²) >= 11 is 2.11. The van der Waals surface area contributed by atoms with Crippen molar-refractivity contribution >= 4 is 17.7 Å². The molecular weight excluding hydrogens is 344 g/mol. The number of allylic oxidation sites excluding steroid dienone is 2. The van der Waals surface area contributed by atoms with E-state index >= 15 is 0 Å². The monoisotopic (exact) mass is 380 g/mol. The zero-order valence-corrected chi connectivity index (χ0v) is 17.3. The molecule has 1 aliphatic carbocycles. The molecule has 0 aromatic rings. The van der Waals surface area contributed by atoms with Crippen molar-refractivity contribution in [3.8, 4) is 0 Å². The zero-order valence-electron chi connectivity index (χ0n) is 16.4. The molecule has 2 heterocycles. The van der Waals surface area contributed by atoms with Crippen molar-refractivity contribution in [3.05, 3.63) is 24.3 Å². The zero-order chi connectivity index (χ0) is 18.8. The maximum Gasteiger partial charge on any atom is 0.305 e. The van der Waals surface area contributed by atoms with Crippen LogP contribution in [0.5, 0.6) is 0 Å². The van der Waals surface area contributed by atoms with Crippen molar-refractivity contribution in [3.63, 3.8) is 0 Å². The molecule has 0 aromatic heterocycles. The van der Waals surface area contributed by atoms with Crippen LogP contribution in [0.4, 0.5) is 0 Å². The first kappa shape index (κ1) is 21.6. The molecule has 3 atom stereocenters. The Kier molecular flexibility index (Phi) is 9.84. The van der Waals surface area contributed by atoms with Gasteiger partial charge >= 0.3 is 5.97 Å². The first-order valence-corrected chi connectivity index (χ1v) is 11.3. The van der Waals surface area contributed by atoms with Crippen LogP contribution in [0.3, 0.4) is 0 Å². The van der Waals surface area contributed by atoms with Gasteiger partial charge in [-0.3, -0.25) is 4.79 Å². The summed E-state index contributed by atoms with van der Waals surface area (Å²) in [6, 6.07) is 0. The summed E-state index contributed by atoms with van der Waals surface area (Å²) in [5.74, 6) is 1.43. The summed E-state index contributed by atoms with van der Waals surface area (Å²) in [5.41, 5.74) is 0. The molecule has 148 valence electrons. The number of fused-ring (bicyclic) bond motifs is 2. The molecule has 2 bridgehead atoms. The predicted molar refractivity (Wildman–Crippen MR) is 110 cm³/mol. The minimum atomic E-state index is -0.282. The normalized spacial score (nSPS) is 29.0. The van der Waals surface area contributed by atoms with Gasteiger partial charge < -0.3 is 9.84 Å². The number of ether oxygens (including phenoxy) is 1. The largest absolute Gasteiger partial charge is 0.469 e. The predicted octanol–water partition coefficient (Wildman–Crippen LogP) is 5.28. The number of carbonyl (C=O) groups is 1. The van der Waals surface area contributed by atoms with Crippen LogP contribution < -0.4 is 0 Å². The van der Waals surface area contributed by atoms with Gasteiger partial charge in [-0.25, -0.2) is 0 Å². The number of aliphatic hydroxyl groups excluding tert-OH is 1. The van der Waals surface area contributed by atoms with E-state index in [0.717, 1.165) is 43.3 Å². The second-order valence-corrected chi connectivity index (χ2v) is 9.22. The topological polar surface area (TPSA) is 46.5 Å². The molecular formula is C22H36O3S. The fraction of sp³-hybridized carbons (Fsp3) is 0.773. The molecule has 3 rings (SSSR count). The lowest BCUT2D eigenvalue weighted by Crippen LogP contribution is -2.43. The van der Waals surface area contributed by atoms with E-state index in [1.54, 1.807) is 0 Å². The lowest BCUT2D eigenvalue weighted by Gasteiger charge is -2.50. The molecule has 3 aliphatic rings. The molecule has 1 unspecified atom stereocenters. The van der Waals surface area contributed by atoms with E-state index in [0.29, 0.717) is 17.6 Å². The van der Waals surface area contributed by atoms with E-state index in [-0.39, 0.29) is 12.1 Å². The van der Waals surface area contributed by atoms with Gasteiger partial charge in [0.15, 0.2) is 0 Å². The van der Waals surface area contributed by atoms with Gasteiger partial charge in [-0.2, -0.15) is 11.8 Å². The number of hydrogen-bond acceptors (Lipinski definition) is 4. The van der Waals surface area contributed by atoms with Crippen LogP contribution in [0.25, 0.3) is 0 Å². The third-order valence-corrected chi connectivity index (χ3v) is 7.28. The second kappa shape index (κ2) is 11.9. The van der Waals surface area contributed by atoms with Gasteiger partial charge in [0.2, 0.25) is 0 Å². The highest BCUT2D eigenvalue weighted by atomic mass is 32.2. The highest BCUT2D eigenvalue weighted by Crippen LogP contribution is 2.53. The molecule has 4 heteroatoms. The molecule has 0 radical (unpaired) electrons. The highest BCUT2D eigenvalue weighted by Gasteiger charge is 2.44. The third-order valence-electron chi connectivity index (χ3n) is 5.69. The van der Waals surface area contributed by atoms with Crippen molar-refractivity contribution < 1.29 is 14.6 Å². The Morgan fingerprint density at radius 3 is 2.81 bits per heavy atom. The van der Waals surface area contributed by atoms with Crippen molar-refractivity contribution in [1.29, 1.82) is 0 Å². The minimum Gasteiger partial charge on any atom is -0.469 e. The molecule has 0 amide bonds. The van der Waals surface area contributed by atoms with Gasteiger partial charge in [0.05, 0.1) is 13.2 Å². The van der Waals surface area contributed by atoms with Crippen LogP contribution in [0.1, 0.15) is 71.1 Å². The SMILES string of the molecule is CCCCC[C@H](O)C=CC1SC2CC(C2)[C@@H]1CC=CCCCC(=O)OC. The standard InChI is InChI=1S/C22H36O3S/c1-3-4-7-10-18(23)13-14-21-20(17-15-19(16-17)26-21)11-8-5-6-9-12-22(24)25-2/h5,8,13-14,17-21,23H,3-4,6-7,9-12,15-16H2,1-2H3/t17?,18-,19?,20-,21?/m0/s1. The summed E-state index contributed by atoms with van der Waals surface area (Å²) in [5, 5.41) is 11.5. The summed E-state index contributed by atoms with van der Waals surface area (Å²) in [7, 11) is 1.44. The van der Waals surface area contributed by atoms with Crippen LogP contribution in [-0.4, -0.2) is 34.8 Å². The van der Waals surface area contributed by atoms with Gasteiger partial charge in [-0.05, 0) is 50.4 Å². The summed E-state index contributed by atoms with van der Waals surface area (Å²) in [6.07, 6.45) is 19.2. The number of methoxy groups -OCH3 is 1. The van der Waals surface area contributed by atoms with Crippen LogP contribution in [0, 0.1) is 11.8 Å². The quantitative estimate of drug-likeness (QED) is 0.284. The highest BCUT2D eigenvalue weighted by molar-refractivity contribution is 8.00.